The van der Waals surface area contributed by atoms with Crippen LogP contribution in [-0.2, 0) is 14.9 Å². The topological polar surface area (TPSA) is 70.7 Å². The van der Waals surface area contributed by atoms with Gasteiger partial charge in [-0.1, -0.05) is 0 Å². The average molecular weight is 265 g/mol. The Morgan fingerprint density at radius 2 is 2.00 bits per heavy atom. The zero-order chi connectivity index (χ0) is 12.7. The van der Waals surface area contributed by atoms with Gasteiger partial charge in [-0.25, -0.2) is 4.72 Å². The third-order valence-corrected chi connectivity index (χ3v) is 4.09. The van der Waals surface area contributed by atoms with Gasteiger partial charge in [-0.2, -0.15) is 12.7 Å². The average Bonchev–Trinajstić information content (AvgIpc) is 2.29. The van der Waals surface area contributed by atoms with E-state index in [0.717, 1.165) is 13.1 Å². The minimum Gasteiger partial charge on any atom is -0.379 e. The van der Waals surface area contributed by atoms with Gasteiger partial charge >= 0.3 is 0 Å². The molecule has 0 saturated carbocycles. The van der Waals surface area contributed by atoms with Crippen LogP contribution in [0.25, 0.3) is 0 Å². The van der Waals surface area contributed by atoms with Crippen LogP contribution in [0.4, 0.5) is 0 Å². The number of ether oxygens (including phenoxy) is 1. The van der Waals surface area contributed by atoms with Crippen molar-refractivity contribution in [3.63, 3.8) is 0 Å². The molecule has 17 heavy (non-hydrogen) atoms. The van der Waals surface area contributed by atoms with E-state index >= 15 is 0 Å². The molecule has 0 atom stereocenters. The number of piperazine rings is 1. The van der Waals surface area contributed by atoms with Crippen molar-refractivity contribution in [3.05, 3.63) is 0 Å². The van der Waals surface area contributed by atoms with E-state index in [9.17, 15) is 8.42 Å². The molecule has 1 fully saturated rings. The number of hydrogen-bond donors (Lipinski definition) is 2. The second-order valence-corrected chi connectivity index (χ2v) is 6.08. The lowest BCUT2D eigenvalue weighted by atomic mass is 10.4. The third-order valence-electron chi connectivity index (χ3n) is 2.47. The van der Waals surface area contributed by atoms with Gasteiger partial charge < -0.3 is 10.1 Å². The standard InChI is InChI=1S/C10H23N3O3S/c1-10(2)16-9-3-4-12-17(14,15)13-7-5-11-6-8-13/h10-12H,3-9H2,1-2H3. The van der Waals surface area contributed by atoms with Crippen molar-refractivity contribution in [1.82, 2.24) is 14.3 Å². The minimum absolute atomic E-state index is 0.194. The molecule has 7 heteroatoms. The van der Waals surface area contributed by atoms with Crippen LogP contribution in [0.1, 0.15) is 20.3 Å². The lowest BCUT2D eigenvalue weighted by molar-refractivity contribution is 0.0777. The summed E-state index contributed by atoms with van der Waals surface area (Å²) in [6.07, 6.45) is 0.892. The lowest BCUT2D eigenvalue weighted by Gasteiger charge is -2.26. The van der Waals surface area contributed by atoms with E-state index < -0.39 is 10.2 Å². The summed E-state index contributed by atoms with van der Waals surface area (Å²) in [4.78, 5) is 0. The molecule has 1 rings (SSSR count). The Bertz CT molecular complexity index is 300. The molecular formula is C10H23N3O3S. The van der Waals surface area contributed by atoms with Crippen molar-refractivity contribution >= 4 is 10.2 Å². The van der Waals surface area contributed by atoms with E-state index in [1.165, 1.54) is 4.31 Å². The highest BCUT2D eigenvalue weighted by molar-refractivity contribution is 7.87. The molecule has 0 amide bonds. The fourth-order valence-corrected chi connectivity index (χ4v) is 2.82. The fourth-order valence-electron chi connectivity index (χ4n) is 1.57. The van der Waals surface area contributed by atoms with Crippen LogP contribution >= 0.6 is 0 Å². The highest BCUT2D eigenvalue weighted by Gasteiger charge is 2.22. The van der Waals surface area contributed by atoms with Gasteiger partial charge in [0.25, 0.3) is 10.2 Å². The maximum absolute atomic E-state index is 11.8. The molecule has 6 nitrogen and oxygen atoms in total. The number of rotatable bonds is 7. The first-order valence-corrected chi connectivity index (χ1v) is 7.53. The Morgan fingerprint density at radius 1 is 1.35 bits per heavy atom. The van der Waals surface area contributed by atoms with Crippen molar-refractivity contribution in [1.29, 1.82) is 0 Å². The summed E-state index contributed by atoms with van der Waals surface area (Å²) in [5.41, 5.74) is 0. The van der Waals surface area contributed by atoms with Crippen LogP contribution < -0.4 is 10.0 Å². The second-order valence-electron chi connectivity index (χ2n) is 4.32. The van der Waals surface area contributed by atoms with Crippen LogP contribution in [0.2, 0.25) is 0 Å². The van der Waals surface area contributed by atoms with Gasteiger partial charge in [0.05, 0.1) is 6.10 Å². The van der Waals surface area contributed by atoms with Gasteiger partial charge in [0.2, 0.25) is 0 Å². The third kappa shape index (κ3) is 5.78. The van der Waals surface area contributed by atoms with Crippen molar-refractivity contribution in [2.24, 2.45) is 0 Å². The van der Waals surface area contributed by atoms with E-state index in [2.05, 4.69) is 10.0 Å². The molecule has 0 radical (unpaired) electrons. The van der Waals surface area contributed by atoms with Gasteiger partial charge in [0.1, 0.15) is 0 Å². The molecule has 102 valence electrons. The summed E-state index contributed by atoms with van der Waals surface area (Å²) in [5, 5.41) is 3.12. The van der Waals surface area contributed by atoms with E-state index in [1.807, 2.05) is 13.8 Å². The van der Waals surface area contributed by atoms with E-state index in [1.54, 1.807) is 0 Å². The molecular weight excluding hydrogens is 242 g/mol. The predicted molar refractivity (Wildman–Crippen MR) is 67.1 cm³/mol. The molecule has 0 aromatic rings. The molecule has 0 bridgehead atoms. The van der Waals surface area contributed by atoms with Crippen LogP contribution in [0.15, 0.2) is 0 Å². The van der Waals surface area contributed by atoms with Gasteiger partial charge in [0, 0.05) is 39.3 Å². The summed E-state index contributed by atoms with van der Waals surface area (Å²) in [6, 6.07) is 0. The highest BCUT2D eigenvalue weighted by atomic mass is 32.2. The van der Waals surface area contributed by atoms with E-state index in [0.29, 0.717) is 32.7 Å². The molecule has 0 aliphatic carbocycles. The summed E-state index contributed by atoms with van der Waals surface area (Å²) in [5.74, 6) is 0. The monoisotopic (exact) mass is 265 g/mol. The van der Waals surface area contributed by atoms with Crippen molar-refractivity contribution in [2.75, 3.05) is 39.3 Å². The summed E-state index contributed by atoms with van der Waals surface area (Å²) in [7, 11) is -3.30. The van der Waals surface area contributed by atoms with Crippen LogP contribution in [-0.4, -0.2) is 58.2 Å². The zero-order valence-corrected chi connectivity index (χ0v) is 11.4. The van der Waals surface area contributed by atoms with E-state index in [-0.39, 0.29) is 6.10 Å². The Labute approximate surface area is 104 Å². The smallest absolute Gasteiger partial charge is 0.279 e. The Kier molecular flexibility index (Phi) is 6.35. The Balaban J connectivity index is 2.20. The maximum Gasteiger partial charge on any atom is 0.279 e. The quantitative estimate of drug-likeness (QED) is 0.611. The zero-order valence-electron chi connectivity index (χ0n) is 10.6. The number of nitrogens with one attached hydrogen (secondary N) is 2. The summed E-state index contributed by atoms with van der Waals surface area (Å²) >= 11 is 0. The molecule has 1 heterocycles. The van der Waals surface area contributed by atoms with Crippen LogP contribution in [0.3, 0.4) is 0 Å². The summed E-state index contributed by atoms with van der Waals surface area (Å²) < 4.78 is 33.1. The van der Waals surface area contributed by atoms with Gasteiger partial charge in [-0.3, -0.25) is 0 Å². The van der Waals surface area contributed by atoms with Gasteiger partial charge in [-0.15, -0.1) is 0 Å². The maximum atomic E-state index is 11.8. The Hall–Kier alpha value is -0.210. The van der Waals surface area contributed by atoms with Gasteiger partial charge in [-0.05, 0) is 20.3 Å². The minimum atomic E-state index is -3.30. The van der Waals surface area contributed by atoms with Crippen molar-refractivity contribution in [2.45, 2.75) is 26.4 Å². The highest BCUT2D eigenvalue weighted by Crippen LogP contribution is 2.00. The first-order chi connectivity index (χ1) is 8.02. The van der Waals surface area contributed by atoms with Crippen molar-refractivity contribution in [3.8, 4) is 0 Å². The second kappa shape index (κ2) is 7.27. The van der Waals surface area contributed by atoms with E-state index in [4.69, 9.17) is 4.74 Å². The van der Waals surface area contributed by atoms with Crippen molar-refractivity contribution < 1.29 is 13.2 Å². The largest absolute Gasteiger partial charge is 0.379 e. The van der Waals surface area contributed by atoms with Crippen LogP contribution in [0, 0.1) is 0 Å². The normalized spacial score (nSPS) is 18.8. The molecule has 0 spiro atoms. The molecule has 1 aliphatic rings. The molecule has 1 aliphatic heterocycles. The summed E-state index contributed by atoms with van der Waals surface area (Å²) in [6.45, 7) is 7.46. The number of nitrogens with zero attached hydrogens (tertiary/aromatic N) is 1. The molecule has 2 N–H and O–H groups in total. The first kappa shape index (κ1) is 14.8. The van der Waals surface area contributed by atoms with Gasteiger partial charge in [0.15, 0.2) is 0 Å². The molecule has 1 saturated heterocycles. The molecule has 0 unspecified atom stereocenters. The molecule has 0 aromatic carbocycles. The van der Waals surface area contributed by atoms with Crippen LogP contribution in [0.5, 0.6) is 0 Å². The SMILES string of the molecule is CC(C)OCCCNS(=O)(=O)N1CCNCC1. The number of hydrogen-bond acceptors (Lipinski definition) is 4. The predicted octanol–water partition coefficient (Wildman–Crippen LogP) is -0.459. The Morgan fingerprint density at radius 3 is 2.59 bits per heavy atom. The molecule has 0 aromatic heterocycles. The lowest BCUT2D eigenvalue weighted by Crippen LogP contribution is -2.50. The first-order valence-electron chi connectivity index (χ1n) is 6.09. The fraction of sp³-hybridized carbons (Fsp3) is 1.00.